The van der Waals surface area contributed by atoms with Gasteiger partial charge in [-0.05, 0) is 30.0 Å². The molecule has 5 heteroatoms. The SMILES string of the molecule is CCC(C(=O)NC)N(Cc1ccccc1)C(=O)CCc1ccccc1Cl. The fraction of sp³-hybridized carbons (Fsp3) is 0.333. The van der Waals surface area contributed by atoms with Crippen LogP contribution in [0.15, 0.2) is 54.6 Å². The molecule has 0 fully saturated rings. The van der Waals surface area contributed by atoms with Crippen LogP contribution >= 0.6 is 11.6 Å². The lowest BCUT2D eigenvalue weighted by Crippen LogP contribution is -2.48. The van der Waals surface area contributed by atoms with E-state index in [0.717, 1.165) is 11.1 Å². The van der Waals surface area contributed by atoms with E-state index in [1.165, 1.54) is 0 Å². The van der Waals surface area contributed by atoms with E-state index in [1.54, 1.807) is 11.9 Å². The Hall–Kier alpha value is -2.33. The van der Waals surface area contributed by atoms with Gasteiger partial charge >= 0.3 is 0 Å². The number of likely N-dealkylation sites (N-methyl/N-ethyl adjacent to an activating group) is 1. The van der Waals surface area contributed by atoms with Crippen molar-refractivity contribution in [1.82, 2.24) is 10.2 Å². The molecule has 0 saturated heterocycles. The number of aryl methyl sites for hydroxylation is 1. The zero-order valence-corrected chi connectivity index (χ0v) is 16.0. The summed E-state index contributed by atoms with van der Waals surface area (Å²) < 4.78 is 0. The van der Waals surface area contributed by atoms with Gasteiger partial charge in [0.15, 0.2) is 0 Å². The number of benzene rings is 2. The molecule has 138 valence electrons. The van der Waals surface area contributed by atoms with Crippen molar-refractivity contribution in [3.63, 3.8) is 0 Å². The number of nitrogens with one attached hydrogen (secondary N) is 1. The first-order valence-corrected chi connectivity index (χ1v) is 9.23. The van der Waals surface area contributed by atoms with Crippen molar-refractivity contribution in [2.24, 2.45) is 0 Å². The van der Waals surface area contributed by atoms with Gasteiger partial charge in [-0.1, -0.05) is 67.1 Å². The van der Waals surface area contributed by atoms with Gasteiger partial charge in [0.2, 0.25) is 11.8 Å². The molecule has 26 heavy (non-hydrogen) atoms. The van der Waals surface area contributed by atoms with Gasteiger partial charge in [-0.2, -0.15) is 0 Å². The molecular formula is C21H25ClN2O2. The summed E-state index contributed by atoms with van der Waals surface area (Å²) >= 11 is 6.19. The van der Waals surface area contributed by atoms with Gasteiger partial charge in [0.1, 0.15) is 6.04 Å². The maximum Gasteiger partial charge on any atom is 0.242 e. The Balaban J connectivity index is 2.17. The molecule has 2 amide bonds. The lowest BCUT2D eigenvalue weighted by Gasteiger charge is -2.30. The normalized spacial score (nSPS) is 11.7. The van der Waals surface area contributed by atoms with E-state index in [9.17, 15) is 9.59 Å². The number of amides is 2. The zero-order chi connectivity index (χ0) is 18.9. The van der Waals surface area contributed by atoms with Crippen molar-refractivity contribution < 1.29 is 9.59 Å². The minimum Gasteiger partial charge on any atom is -0.357 e. The van der Waals surface area contributed by atoms with Gasteiger partial charge in [0, 0.05) is 25.0 Å². The summed E-state index contributed by atoms with van der Waals surface area (Å²) in [5, 5.41) is 3.33. The van der Waals surface area contributed by atoms with Crippen LogP contribution in [0, 0.1) is 0 Å². The van der Waals surface area contributed by atoms with Gasteiger partial charge in [0.05, 0.1) is 0 Å². The lowest BCUT2D eigenvalue weighted by molar-refractivity contribution is -0.141. The van der Waals surface area contributed by atoms with Crippen molar-refractivity contribution in [2.45, 2.75) is 38.8 Å². The minimum absolute atomic E-state index is 0.0516. The first-order chi connectivity index (χ1) is 12.6. The standard InChI is InChI=1S/C21H25ClN2O2/c1-3-19(21(26)23-2)24(15-16-9-5-4-6-10-16)20(25)14-13-17-11-7-8-12-18(17)22/h4-12,19H,3,13-15H2,1-2H3,(H,23,26). The van der Waals surface area contributed by atoms with Gasteiger partial charge in [-0.3, -0.25) is 9.59 Å². The topological polar surface area (TPSA) is 49.4 Å². The number of hydrogen-bond acceptors (Lipinski definition) is 2. The molecule has 0 aliphatic carbocycles. The Labute approximate surface area is 160 Å². The van der Waals surface area contributed by atoms with Crippen LogP contribution in [-0.4, -0.2) is 29.8 Å². The molecule has 2 rings (SSSR count). The van der Waals surface area contributed by atoms with Crippen LogP contribution in [0.25, 0.3) is 0 Å². The van der Waals surface area contributed by atoms with Crippen molar-refractivity contribution in [3.8, 4) is 0 Å². The fourth-order valence-electron chi connectivity index (χ4n) is 2.95. The third kappa shape index (κ3) is 5.33. The van der Waals surface area contributed by atoms with Crippen molar-refractivity contribution in [3.05, 3.63) is 70.7 Å². The third-order valence-electron chi connectivity index (χ3n) is 4.39. The summed E-state index contributed by atoms with van der Waals surface area (Å²) in [5.74, 6) is -0.196. The van der Waals surface area contributed by atoms with Crippen LogP contribution in [0.1, 0.15) is 30.9 Å². The first kappa shape index (κ1) is 20.0. The quantitative estimate of drug-likeness (QED) is 0.765. The predicted octanol–water partition coefficient (Wildman–Crippen LogP) is 3.83. The third-order valence-corrected chi connectivity index (χ3v) is 4.76. The maximum absolute atomic E-state index is 13.0. The summed E-state index contributed by atoms with van der Waals surface area (Å²) in [7, 11) is 1.60. The van der Waals surface area contributed by atoms with Crippen molar-refractivity contribution >= 4 is 23.4 Å². The highest BCUT2D eigenvalue weighted by Gasteiger charge is 2.27. The van der Waals surface area contributed by atoms with Gasteiger partial charge in [0.25, 0.3) is 0 Å². The van der Waals surface area contributed by atoms with Crippen LogP contribution in [-0.2, 0) is 22.6 Å². The summed E-state index contributed by atoms with van der Waals surface area (Å²) in [4.78, 5) is 26.9. The van der Waals surface area contributed by atoms with Gasteiger partial charge in [-0.25, -0.2) is 0 Å². The molecule has 0 aliphatic heterocycles. The number of rotatable bonds is 8. The van der Waals surface area contributed by atoms with E-state index in [0.29, 0.717) is 30.8 Å². The largest absolute Gasteiger partial charge is 0.357 e. The Bertz CT molecular complexity index is 734. The van der Waals surface area contributed by atoms with E-state index in [2.05, 4.69) is 5.32 Å². The molecule has 2 aromatic rings. The molecule has 0 aliphatic rings. The molecule has 4 nitrogen and oxygen atoms in total. The number of carbonyl (C=O) groups excluding carboxylic acids is 2. The number of carbonyl (C=O) groups is 2. The highest BCUT2D eigenvalue weighted by molar-refractivity contribution is 6.31. The smallest absolute Gasteiger partial charge is 0.242 e. The number of nitrogens with zero attached hydrogens (tertiary/aromatic N) is 1. The summed E-state index contributed by atoms with van der Waals surface area (Å²) in [6, 6.07) is 16.8. The van der Waals surface area contributed by atoms with Crippen LogP contribution in [0.2, 0.25) is 5.02 Å². The number of halogens is 1. The van der Waals surface area contributed by atoms with Gasteiger partial charge < -0.3 is 10.2 Å². The molecule has 0 aromatic heterocycles. The molecule has 0 radical (unpaired) electrons. The molecule has 0 heterocycles. The zero-order valence-electron chi connectivity index (χ0n) is 15.2. The monoisotopic (exact) mass is 372 g/mol. The second kappa shape index (κ2) is 9.97. The highest BCUT2D eigenvalue weighted by Crippen LogP contribution is 2.19. The van der Waals surface area contributed by atoms with Crippen LogP contribution < -0.4 is 5.32 Å². The lowest BCUT2D eigenvalue weighted by atomic mass is 10.1. The molecule has 0 saturated carbocycles. The van der Waals surface area contributed by atoms with Crippen LogP contribution in [0.4, 0.5) is 0 Å². The van der Waals surface area contributed by atoms with Crippen LogP contribution in [0.3, 0.4) is 0 Å². The molecule has 1 unspecified atom stereocenters. The average molecular weight is 373 g/mol. The van der Waals surface area contributed by atoms with E-state index in [4.69, 9.17) is 11.6 Å². The molecule has 0 spiro atoms. The Morgan fingerprint density at radius 2 is 1.73 bits per heavy atom. The molecule has 0 bridgehead atoms. The molecule has 1 atom stereocenters. The summed E-state index contributed by atoms with van der Waals surface area (Å²) in [5.41, 5.74) is 1.94. The summed E-state index contributed by atoms with van der Waals surface area (Å²) in [6.07, 6.45) is 1.42. The Morgan fingerprint density at radius 1 is 1.08 bits per heavy atom. The van der Waals surface area contributed by atoms with Crippen molar-refractivity contribution in [1.29, 1.82) is 0 Å². The Morgan fingerprint density at radius 3 is 2.35 bits per heavy atom. The molecular weight excluding hydrogens is 348 g/mol. The summed E-state index contributed by atoms with van der Waals surface area (Å²) in [6.45, 7) is 2.33. The fourth-order valence-corrected chi connectivity index (χ4v) is 3.18. The van der Waals surface area contributed by atoms with E-state index < -0.39 is 6.04 Å². The van der Waals surface area contributed by atoms with E-state index in [-0.39, 0.29) is 11.8 Å². The first-order valence-electron chi connectivity index (χ1n) is 8.85. The van der Waals surface area contributed by atoms with Crippen LogP contribution in [0.5, 0.6) is 0 Å². The van der Waals surface area contributed by atoms with E-state index >= 15 is 0 Å². The molecule has 2 aromatic carbocycles. The Kier molecular flexibility index (Phi) is 7.67. The average Bonchev–Trinajstić information content (AvgIpc) is 2.67. The second-order valence-corrected chi connectivity index (χ2v) is 6.54. The maximum atomic E-state index is 13.0. The van der Waals surface area contributed by atoms with Gasteiger partial charge in [-0.15, -0.1) is 0 Å². The van der Waals surface area contributed by atoms with E-state index in [1.807, 2.05) is 61.5 Å². The minimum atomic E-state index is -0.487. The molecule has 1 N–H and O–H groups in total. The number of hydrogen-bond donors (Lipinski definition) is 1. The second-order valence-electron chi connectivity index (χ2n) is 6.14. The van der Waals surface area contributed by atoms with Crippen molar-refractivity contribution in [2.75, 3.05) is 7.05 Å². The predicted molar refractivity (Wildman–Crippen MR) is 105 cm³/mol. The highest BCUT2D eigenvalue weighted by atomic mass is 35.5.